The van der Waals surface area contributed by atoms with Crippen molar-refractivity contribution >= 4 is 5.69 Å². The number of hydrogen-bond acceptors (Lipinski definition) is 3. The number of aromatic nitrogens is 2. The molecule has 1 aromatic carbocycles. The quantitative estimate of drug-likeness (QED) is 0.834. The minimum absolute atomic E-state index is 0.317. The minimum atomic E-state index is -0.341. The van der Waals surface area contributed by atoms with Crippen LogP contribution < -0.4 is 16.6 Å². The summed E-state index contributed by atoms with van der Waals surface area (Å²) in [7, 11) is 3.09. The van der Waals surface area contributed by atoms with Crippen LogP contribution in [0.1, 0.15) is 11.3 Å². The topological polar surface area (TPSA) is 56.0 Å². The molecule has 5 nitrogen and oxygen atoms in total. The van der Waals surface area contributed by atoms with Gasteiger partial charge in [0.15, 0.2) is 0 Å². The second-order valence-electron chi connectivity index (χ2n) is 4.45. The molecule has 5 heteroatoms. The average Bonchev–Trinajstić information content (AvgIpc) is 2.47. The Bertz CT molecular complexity index is 794. The van der Waals surface area contributed by atoms with Crippen molar-refractivity contribution in [3.05, 3.63) is 62.4 Å². The number of nitrogens with zero attached hydrogens (tertiary/aromatic N) is 2. The Labute approximate surface area is 116 Å². The van der Waals surface area contributed by atoms with Crippen LogP contribution in [0.5, 0.6) is 0 Å². The molecule has 2 rings (SSSR count). The highest BCUT2D eigenvalue weighted by molar-refractivity contribution is 5.50. The van der Waals surface area contributed by atoms with Crippen molar-refractivity contribution in [1.29, 1.82) is 0 Å². The van der Waals surface area contributed by atoms with Crippen LogP contribution in [-0.4, -0.2) is 9.13 Å². The number of rotatable bonds is 3. The molecular formula is C15H15N3O2. The molecule has 1 aromatic heterocycles. The van der Waals surface area contributed by atoms with E-state index in [-0.39, 0.29) is 11.2 Å². The molecule has 0 amide bonds. The van der Waals surface area contributed by atoms with Gasteiger partial charge < -0.3 is 5.32 Å². The zero-order valence-corrected chi connectivity index (χ0v) is 11.4. The summed E-state index contributed by atoms with van der Waals surface area (Å²) < 4.78 is 2.52. The van der Waals surface area contributed by atoms with Crippen molar-refractivity contribution in [2.75, 3.05) is 5.32 Å². The lowest BCUT2D eigenvalue weighted by atomic mass is 10.2. The lowest BCUT2D eigenvalue weighted by Crippen LogP contribution is -2.38. The number of terminal acetylenes is 1. The third-order valence-electron chi connectivity index (χ3n) is 3.13. The van der Waals surface area contributed by atoms with Crippen LogP contribution in [0.2, 0.25) is 0 Å². The monoisotopic (exact) mass is 269 g/mol. The summed E-state index contributed by atoms with van der Waals surface area (Å²) in [6.07, 6.45) is 5.34. The van der Waals surface area contributed by atoms with Crippen molar-refractivity contribution in [2.45, 2.75) is 6.54 Å². The van der Waals surface area contributed by atoms with Crippen molar-refractivity contribution in [3.8, 4) is 12.3 Å². The Kier molecular flexibility index (Phi) is 3.76. The molecule has 1 N–H and O–H groups in total. The van der Waals surface area contributed by atoms with Gasteiger partial charge >= 0.3 is 5.69 Å². The second-order valence-corrected chi connectivity index (χ2v) is 4.45. The van der Waals surface area contributed by atoms with Crippen LogP contribution >= 0.6 is 0 Å². The van der Waals surface area contributed by atoms with E-state index in [1.807, 2.05) is 24.3 Å². The van der Waals surface area contributed by atoms with Crippen LogP contribution in [0, 0.1) is 12.3 Å². The van der Waals surface area contributed by atoms with E-state index in [0.717, 1.165) is 15.8 Å². The first-order chi connectivity index (χ1) is 9.52. The molecule has 0 fully saturated rings. The average molecular weight is 269 g/mol. The Morgan fingerprint density at radius 3 is 2.65 bits per heavy atom. The van der Waals surface area contributed by atoms with Gasteiger partial charge in [0.25, 0.3) is 5.56 Å². The van der Waals surface area contributed by atoms with Gasteiger partial charge in [-0.25, -0.2) is 4.79 Å². The Morgan fingerprint density at radius 1 is 1.20 bits per heavy atom. The summed E-state index contributed by atoms with van der Waals surface area (Å²) >= 11 is 0. The number of nitrogens with one attached hydrogen (secondary N) is 1. The summed E-state index contributed by atoms with van der Waals surface area (Å²) in [6, 6.07) is 8.83. The standard InChI is InChI=1S/C15H15N3O2/c1-4-11-6-5-7-12(8-11)16-10-13-9-14(19)18(3)15(20)17(13)2/h1,5-9,16H,10H2,2-3H3. The third kappa shape index (κ3) is 2.64. The molecule has 0 saturated carbocycles. The van der Waals surface area contributed by atoms with Gasteiger partial charge in [-0.3, -0.25) is 13.9 Å². The largest absolute Gasteiger partial charge is 0.379 e. The van der Waals surface area contributed by atoms with E-state index in [2.05, 4.69) is 11.2 Å². The molecule has 1 heterocycles. The first-order valence-corrected chi connectivity index (χ1v) is 6.09. The summed E-state index contributed by atoms with van der Waals surface area (Å²) in [5, 5.41) is 3.15. The van der Waals surface area contributed by atoms with Crippen LogP contribution in [-0.2, 0) is 20.6 Å². The number of hydrogen-bond donors (Lipinski definition) is 1. The van der Waals surface area contributed by atoms with Gasteiger partial charge in [-0.2, -0.15) is 0 Å². The van der Waals surface area contributed by atoms with Gasteiger partial charge in [0, 0.05) is 37.1 Å². The summed E-state index contributed by atoms with van der Waals surface area (Å²) in [5.41, 5.74) is 1.57. The third-order valence-corrected chi connectivity index (χ3v) is 3.13. The molecule has 0 aliphatic rings. The van der Waals surface area contributed by atoms with Gasteiger partial charge in [-0.05, 0) is 18.2 Å². The molecule has 0 unspecified atom stereocenters. The Morgan fingerprint density at radius 2 is 1.95 bits per heavy atom. The van der Waals surface area contributed by atoms with Gasteiger partial charge in [-0.1, -0.05) is 12.0 Å². The highest BCUT2D eigenvalue weighted by atomic mass is 16.2. The SMILES string of the molecule is C#Cc1cccc(NCc2cc(=O)n(C)c(=O)n2C)c1. The Balaban J connectivity index is 2.26. The molecule has 0 aliphatic carbocycles. The first kappa shape index (κ1) is 13.7. The van der Waals surface area contributed by atoms with E-state index < -0.39 is 0 Å². The summed E-state index contributed by atoms with van der Waals surface area (Å²) in [6.45, 7) is 0.371. The van der Waals surface area contributed by atoms with Crippen molar-refractivity contribution in [2.24, 2.45) is 14.1 Å². The van der Waals surface area contributed by atoms with Gasteiger partial charge in [-0.15, -0.1) is 6.42 Å². The highest BCUT2D eigenvalue weighted by Gasteiger charge is 2.05. The van der Waals surface area contributed by atoms with Crippen LogP contribution in [0.3, 0.4) is 0 Å². The fourth-order valence-corrected chi connectivity index (χ4v) is 1.86. The van der Waals surface area contributed by atoms with Gasteiger partial charge in [0.1, 0.15) is 0 Å². The Hall–Kier alpha value is -2.74. The summed E-state index contributed by atoms with van der Waals surface area (Å²) in [4.78, 5) is 23.4. The van der Waals surface area contributed by atoms with E-state index in [1.54, 1.807) is 7.05 Å². The molecule has 20 heavy (non-hydrogen) atoms. The summed E-state index contributed by atoms with van der Waals surface area (Å²) in [5.74, 6) is 2.55. The first-order valence-electron chi connectivity index (χ1n) is 6.09. The smallest absolute Gasteiger partial charge is 0.330 e. The van der Waals surface area contributed by atoms with Crippen LogP contribution in [0.4, 0.5) is 5.69 Å². The fourth-order valence-electron chi connectivity index (χ4n) is 1.86. The van der Waals surface area contributed by atoms with E-state index in [4.69, 9.17) is 6.42 Å². The molecule has 102 valence electrons. The van der Waals surface area contributed by atoms with Crippen molar-refractivity contribution in [3.63, 3.8) is 0 Å². The molecule has 0 spiro atoms. The molecule has 0 aliphatic heterocycles. The predicted molar refractivity (Wildman–Crippen MR) is 78.6 cm³/mol. The van der Waals surface area contributed by atoms with Crippen molar-refractivity contribution < 1.29 is 0 Å². The molecule has 0 radical (unpaired) electrons. The van der Waals surface area contributed by atoms with Gasteiger partial charge in [0.2, 0.25) is 0 Å². The molecule has 2 aromatic rings. The van der Waals surface area contributed by atoms with Gasteiger partial charge in [0.05, 0.1) is 6.54 Å². The predicted octanol–water partition coefficient (Wildman–Crippen LogP) is 0.677. The molecule has 0 bridgehead atoms. The zero-order valence-electron chi connectivity index (χ0n) is 11.4. The molecule has 0 atom stereocenters. The normalized spacial score (nSPS) is 10.1. The van der Waals surface area contributed by atoms with E-state index in [9.17, 15) is 9.59 Å². The van der Waals surface area contributed by atoms with E-state index in [0.29, 0.717) is 12.2 Å². The van der Waals surface area contributed by atoms with Crippen LogP contribution in [0.15, 0.2) is 39.9 Å². The maximum Gasteiger partial charge on any atom is 0.330 e. The molecular weight excluding hydrogens is 254 g/mol. The molecule has 0 saturated heterocycles. The maximum atomic E-state index is 11.8. The fraction of sp³-hybridized carbons (Fsp3) is 0.200. The lowest BCUT2D eigenvalue weighted by molar-refractivity contribution is 0.655. The number of anilines is 1. The van der Waals surface area contributed by atoms with Crippen molar-refractivity contribution in [1.82, 2.24) is 9.13 Å². The van der Waals surface area contributed by atoms with E-state index >= 15 is 0 Å². The minimum Gasteiger partial charge on any atom is -0.379 e. The zero-order chi connectivity index (χ0) is 14.7. The van der Waals surface area contributed by atoms with Crippen LogP contribution in [0.25, 0.3) is 0 Å². The number of benzene rings is 1. The maximum absolute atomic E-state index is 11.8. The lowest BCUT2D eigenvalue weighted by Gasteiger charge is -2.11. The highest BCUT2D eigenvalue weighted by Crippen LogP contribution is 2.10. The second kappa shape index (κ2) is 5.49. The van der Waals surface area contributed by atoms with E-state index in [1.165, 1.54) is 17.7 Å².